The van der Waals surface area contributed by atoms with E-state index >= 15 is 0 Å². The average molecular weight is 214 g/mol. The maximum Gasteiger partial charge on any atom is 0.321 e. The lowest BCUT2D eigenvalue weighted by atomic mass is 10.1. The first kappa shape index (κ1) is 13.7. The van der Waals surface area contributed by atoms with Gasteiger partial charge in [0.05, 0.1) is 7.11 Å². The van der Waals surface area contributed by atoms with Crippen LogP contribution in [0.4, 0.5) is 0 Å². The van der Waals surface area contributed by atoms with E-state index in [1.165, 1.54) is 13.2 Å². The molecule has 86 valence electrons. The molecule has 0 amide bonds. The lowest BCUT2D eigenvalue weighted by molar-refractivity contribution is -0.167. The van der Waals surface area contributed by atoms with Gasteiger partial charge in [0.15, 0.2) is 5.92 Å². The van der Waals surface area contributed by atoms with Gasteiger partial charge in [-0.05, 0) is 27.2 Å². The number of ether oxygens (including phenoxy) is 2. The van der Waals surface area contributed by atoms with Gasteiger partial charge in [-0.3, -0.25) is 9.59 Å². The number of carbonyl (C=O) groups is 2. The minimum absolute atomic E-state index is 0.224. The zero-order valence-electron chi connectivity index (χ0n) is 9.70. The van der Waals surface area contributed by atoms with Crippen LogP contribution in [-0.4, -0.2) is 24.6 Å². The molecule has 0 aromatic heterocycles. The SMILES string of the molecule is C=CCC(C(=O)OC)C(=O)OC(C)(C)C. The van der Waals surface area contributed by atoms with Gasteiger partial charge in [0, 0.05) is 0 Å². The van der Waals surface area contributed by atoms with Crippen LogP contribution in [0.5, 0.6) is 0 Å². The molecule has 0 heterocycles. The predicted octanol–water partition coefficient (Wildman–Crippen LogP) is 1.69. The third-order valence-electron chi connectivity index (χ3n) is 1.58. The summed E-state index contributed by atoms with van der Waals surface area (Å²) >= 11 is 0. The Bertz CT molecular complexity index is 250. The molecule has 15 heavy (non-hydrogen) atoms. The van der Waals surface area contributed by atoms with Crippen LogP contribution in [0.3, 0.4) is 0 Å². The number of rotatable bonds is 4. The third-order valence-corrected chi connectivity index (χ3v) is 1.58. The monoisotopic (exact) mass is 214 g/mol. The second-order valence-electron chi connectivity index (χ2n) is 4.13. The van der Waals surface area contributed by atoms with E-state index in [1.54, 1.807) is 20.8 Å². The van der Waals surface area contributed by atoms with Crippen LogP contribution in [-0.2, 0) is 19.1 Å². The van der Waals surface area contributed by atoms with E-state index in [9.17, 15) is 9.59 Å². The number of esters is 2. The van der Waals surface area contributed by atoms with Crippen LogP contribution >= 0.6 is 0 Å². The highest BCUT2D eigenvalue weighted by Crippen LogP contribution is 2.15. The minimum Gasteiger partial charge on any atom is -0.468 e. The molecule has 0 aromatic rings. The Balaban J connectivity index is 4.56. The molecule has 0 N–H and O–H groups in total. The van der Waals surface area contributed by atoms with E-state index in [4.69, 9.17) is 4.74 Å². The van der Waals surface area contributed by atoms with E-state index < -0.39 is 23.5 Å². The summed E-state index contributed by atoms with van der Waals surface area (Å²) in [5.41, 5.74) is -0.607. The zero-order valence-corrected chi connectivity index (χ0v) is 9.70. The maximum absolute atomic E-state index is 11.6. The standard InChI is InChI=1S/C11H18O4/c1-6-7-8(9(12)14-5)10(13)15-11(2,3)4/h6,8H,1,7H2,2-5H3. The first-order valence-corrected chi connectivity index (χ1v) is 4.73. The van der Waals surface area contributed by atoms with Crippen molar-refractivity contribution < 1.29 is 19.1 Å². The van der Waals surface area contributed by atoms with Crippen LogP contribution < -0.4 is 0 Å². The Labute approximate surface area is 90.2 Å². The number of carbonyl (C=O) groups excluding carboxylic acids is 2. The van der Waals surface area contributed by atoms with Crippen molar-refractivity contribution in [3.8, 4) is 0 Å². The van der Waals surface area contributed by atoms with Gasteiger partial charge < -0.3 is 9.47 Å². The van der Waals surface area contributed by atoms with Gasteiger partial charge in [0.25, 0.3) is 0 Å². The quantitative estimate of drug-likeness (QED) is 0.406. The van der Waals surface area contributed by atoms with E-state index in [1.807, 2.05) is 0 Å². The van der Waals surface area contributed by atoms with E-state index in [0.717, 1.165) is 0 Å². The molecule has 0 aromatic carbocycles. The van der Waals surface area contributed by atoms with Crippen molar-refractivity contribution in [1.82, 2.24) is 0 Å². The Kier molecular flexibility index (Phi) is 5.05. The Hall–Kier alpha value is -1.32. The Morgan fingerprint density at radius 1 is 1.33 bits per heavy atom. The summed E-state index contributed by atoms with van der Waals surface area (Å²) in [4.78, 5) is 22.8. The molecule has 0 radical (unpaired) electrons. The largest absolute Gasteiger partial charge is 0.468 e. The summed E-state index contributed by atoms with van der Waals surface area (Å²) in [6.45, 7) is 8.71. The molecule has 0 aliphatic carbocycles. The highest BCUT2D eigenvalue weighted by Gasteiger charge is 2.30. The van der Waals surface area contributed by atoms with Crippen molar-refractivity contribution in [2.45, 2.75) is 32.8 Å². The number of hydrogen-bond donors (Lipinski definition) is 0. The van der Waals surface area contributed by atoms with Gasteiger partial charge in [-0.15, -0.1) is 6.58 Å². The van der Waals surface area contributed by atoms with Crippen LogP contribution in [0.25, 0.3) is 0 Å². The zero-order chi connectivity index (χ0) is 12.1. The van der Waals surface area contributed by atoms with E-state index in [0.29, 0.717) is 0 Å². The molecule has 1 unspecified atom stereocenters. The van der Waals surface area contributed by atoms with Crippen LogP contribution in [0.2, 0.25) is 0 Å². The fourth-order valence-electron chi connectivity index (χ4n) is 0.971. The van der Waals surface area contributed by atoms with E-state index in [-0.39, 0.29) is 6.42 Å². The van der Waals surface area contributed by atoms with Crippen molar-refractivity contribution in [2.24, 2.45) is 5.92 Å². The van der Waals surface area contributed by atoms with Gasteiger partial charge in [-0.1, -0.05) is 6.08 Å². The molecule has 0 bridgehead atoms. The normalized spacial score (nSPS) is 12.8. The molecule has 0 spiro atoms. The highest BCUT2D eigenvalue weighted by atomic mass is 16.6. The maximum atomic E-state index is 11.6. The van der Waals surface area contributed by atoms with Gasteiger partial charge in [0.2, 0.25) is 0 Å². The molecule has 0 aliphatic heterocycles. The smallest absolute Gasteiger partial charge is 0.321 e. The van der Waals surface area contributed by atoms with Crippen molar-refractivity contribution in [2.75, 3.05) is 7.11 Å². The van der Waals surface area contributed by atoms with Crippen LogP contribution in [0, 0.1) is 5.92 Å². The Morgan fingerprint density at radius 3 is 2.20 bits per heavy atom. The number of methoxy groups -OCH3 is 1. The first-order chi connectivity index (χ1) is 6.81. The molecular weight excluding hydrogens is 196 g/mol. The summed E-state index contributed by atoms with van der Waals surface area (Å²) in [6.07, 6.45) is 1.72. The molecule has 0 saturated heterocycles. The molecule has 4 heteroatoms. The summed E-state index contributed by atoms with van der Waals surface area (Å²) in [5.74, 6) is -2.08. The predicted molar refractivity (Wildman–Crippen MR) is 56.2 cm³/mol. The summed E-state index contributed by atoms with van der Waals surface area (Å²) < 4.78 is 9.60. The summed E-state index contributed by atoms with van der Waals surface area (Å²) in [7, 11) is 1.24. The van der Waals surface area contributed by atoms with Crippen molar-refractivity contribution in [1.29, 1.82) is 0 Å². The molecule has 0 aliphatic rings. The van der Waals surface area contributed by atoms with Crippen LogP contribution in [0.15, 0.2) is 12.7 Å². The second kappa shape index (κ2) is 5.53. The molecule has 4 nitrogen and oxygen atoms in total. The fraction of sp³-hybridized carbons (Fsp3) is 0.636. The lowest BCUT2D eigenvalue weighted by Gasteiger charge is -2.22. The van der Waals surface area contributed by atoms with Gasteiger partial charge in [-0.25, -0.2) is 0 Å². The lowest BCUT2D eigenvalue weighted by Crippen LogP contribution is -2.33. The Morgan fingerprint density at radius 2 is 1.87 bits per heavy atom. The number of allylic oxidation sites excluding steroid dienone is 1. The molecule has 0 rings (SSSR count). The van der Waals surface area contributed by atoms with Gasteiger partial charge in [0.1, 0.15) is 5.60 Å². The molecule has 1 atom stereocenters. The van der Waals surface area contributed by atoms with Crippen LogP contribution in [0.1, 0.15) is 27.2 Å². The topological polar surface area (TPSA) is 52.6 Å². The van der Waals surface area contributed by atoms with E-state index in [2.05, 4.69) is 11.3 Å². The van der Waals surface area contributed by atoms with Crippen molar-refractivity contribution in [3.63, 3.8) is 0 Å². The fourth-order valence-corrected chi connectivity index (χ4v) is 0.971. The number of hydrogen-bond acceptors (Lipinski definition) is 4. The van der Waals surface area contributed by atoms with Crippen molar-refractivity contribution in [3.05, 3.63) is 12.7 Å². The highest BCUT2D eigenvalue weighted by molar-refractivity contribution is 5.95. The minimum atomic E-state index is -0.910. The van der Waals surface area contributed by atoms with Gasteiger partial charge in [-0.2, -0.15) is 0 Å². The molecule has 0 saturated carbocycles. The van der Waals surface area contributed by atoms with Crippen molar-refractivity contribution >= 4 is 11.9 Å². The van der Waals surface area contributed by atoms with Gasteiger partial charge >= 0.3 is 11.9 Å². The average Bonchev–Trinajstić information content (AvgIpc) is 2.10. The first-order valence-electron chi connectivity index (χ1n) is 4.73. The second-order valence-corrected chi connectivity index (χ2v) is 4.13. The molecular formula is C11H18O4. The summed E-state index contributed by atoms with van der Waals surface area (Å²) in [6, 6.07) is 0. The third kappa shape index (κ3) is 5.20. The summed E-state index contributed by atoms with van der Waals surface area (Å²) in [5, 5.41) is 0. The molecule has 0 fully saturated rings.